The van der Waals surface area contributed by atoms with E-state index in [-0.39, 0.29) is 28.8 Å². The third-order valence-electron chi connectivity index (χ3n) is 5.84. The number of ether oxygens (including phenoxy) is 1. The molecule has 2 rings (SSSR count). The number of nitrogens with one attached hydrogen (secondary N) is 1. The van der Waals surface area contributed by atoms with Gasteiger partial charge in [0.1, 0.15) is 0 Å². The third-order valence-corrected chi connectivity index (χ3v) is 5.84. The molecule has 0 radical (unpaired) electrons. The Kier molecular flexibility index (Phi) is 4.45. The summed E-state index contributed by atoms with van der Waals surface area (Å²) in [4.78, 5) is 12.7. The van der Waals surface area contributed by atoms with Gasteiger partial charge in [0, 0.05) is 30.7 Å². The van der Waals surface area contributed by atoms with Gasteiger partial charge in [0.2, 0.25) is 5.91 Å². The van der Waals surface area contributed by atoms with Gasteiger partial charge in [0.15, 0.2) is 0 Å². The Labute approximate surface area is 122 Å². The Hall–Kier alpha value is -0.610. The normalized spacial score (nSPS) is 36.4. The van der Waals surface area contributed by atoms with Crippen LogP contribution >= 0.6 is 0 Å². The van der Waals surface area contributed by atoms with Crippen molar-refractivity contribution >= 4 is 5.91 Å². The minimum Gasteiger partial charge on any atom is -0.381 e. The van der Waals surface area contributed by atoms with Crippen molar-refractivity contribution in [1.29, 1.82) is 0 Å². The predicted molar refractivity (Wildman–Crippen MR) is 80.2 cm³/mol. The average Bonchev–Trinajstić information content (AvgIpc) is 2.36. The summed E-state index contributed by atoms with van der Waals surface area (Å²) in [6.07, 6.45) is 3.65. The lowest BCUT2D eigenvalue weighted by Gasteiger charge is -2.47. The first-order valence-electron chi connectivity index (χ1n) is 7.92. The van der Waals surface area contributed by atoms with Crippen molar-refractivity contribution in [2.24, 2.45) is 23.0 Å². The summed E-state index contributed by atoms with van der Waals surface area (Å²) in [5.41, 5.74) is 6.04. The molecule has 1 aliphatic heterocycles. The largest absolute Gasteiger partial charge is 0.381 e. The van der Waals surface area contributed by atoms with E-state index in [1.807, 2.05) is 0 Å². The highest BCUT2D eigenvalue weighted by molar-refractivity contribution is 5.80. The second-order valence-corrected chi connectivity index (χ2v) is 7.57. The molecule has 1 saturated carbocycles. The van der Waals surface area contributed by atoms with Gasteiger partial charge in [-0.1, -0.05) is 20.8 Å². The fraction of sp³-hybridized carbons (Fsp3) is 0.938. The molecule has 0 aromatic carbocycles. The van der Waals surface area contributed by atoms with Crippen LogP contribution in [-0.4, -0.2) is 30.7 Å². The molecule has 0 spiro atoms. The summed E-state index contributed by atoms with van der Waals surface area (Å²) >= 11 is 0. The number of amides is 1. The number of carbonyl (C=O) groups excluding carboxylic acids is 1. The van der Waals surface area contributed by atoms with Crippen LogP contribution in [0.25, 0.3) is 0 Å². The highest BCUT2D eigenvalue weighted by atomic mass is 16.5. The Morgan fingerprint density at radius 3 is 2.40 bits per heavy atom. The molecule has 1 heterocycles. The second-order valence-electron chi connectivity index (χ2n) is 7.57. The summed E-state index contributed by atoms with van der Waals surface area (Å²) < 4.78 is 5.40. The summed E-state index contributed by atoms with van der Waals surface area (Å²) in [6, 6.07) is 0.215. The van der Waals surface area contributed by atoms with E-state index in [4.69, 9.17) is 10.5 Å². The standard InChI is InChI=1S/C16H30N2O2/c1-11-13(17)6-5-12(15(11,2)3)14(19)18-16(4)7-9-20-10-8-16/h11-13H,5-10,17H2,1-4H3,(H,18,19). The molecule has 116 valence electrons. The van der Waals surface area contributed by atoms with Crippen molar-refractivity contribution in [2.75, 3.05) is 13.2 Å². The van der Waals surface area contributed by atoms with Crippen LogP contribution in [0.5, 0.6) is 0 Å². The summed E-state index contributed by atoms with van der Waals surface area (Å²) in [7, 11) is 0. The van der Waals surface area contributed by atoms with Crippen LogP contribution < -0.4 is 11.1 Å². The number of hydrogen-bond donors (Lipinski definition) is 2. The first-order valence-corrected chi connectivity index (χ1v) is 7.92. The van der Waals surface area contributed by atoms with E-state index in [9.17, 15) is 4.79 Å². The Morgan fingerprint density at radius 2 is 1.80 bits per heavy atom. The SMILES string of the molecule is CC1C(N)CCC(C(=O)NC2(C)CCOCC2)C1(C)C. The van der Waals surface area contributed by atoms with Gasteiger partial charge in [-0.25, -0.2) is 0 Å². The van der Waals surface area contributed by atoms with Gasteiger partial charge in [-0.15, -0.1) is 0 Å². The highest BCUT2D eigenvalue weighted by Gasteiger charge is 2.46. The molecule has 0 bridgehead atoms. The maximum absolute atomic E-state index is 12.7. The van der Waals surface area contributed by atoms with Crippen molar-refractivity contribution in [3.05, 3.63) is 0 Å². The zero-order chi connectivity index (χ0) is 15.0. The summed E-state index contributed by atoms with van der Waals surface area (Å²) in [6.45, 7) is 10.2. The first-order chi connectivity index (χ1) is 9.26. The number of nitrogens with two attached hydrogens (primary N) is 1. The van der Waals surface area contributed by atoms with Gasteiger partial charge >= 0.3 is 0 Å². The Balaban J connectivity index is 2.05. The molecule has 0 aromatic heterocycles. The van der Waals surface area contributed by atoms with Gasteiger partial charge < -0.3 is 15.8 Å². The molecule has 2 fully saturated rings. The van der Waals surface area contributed by atoms with Crippen molar-refractivity contribution in [2.45, 2.75) is 65.0 Å². The molecule has 1 aliphatic carbocycles. The van der Waals surface area contributed by atoms with Gasteiger partial charge in [-0.3, -0.25) is 4.79 Å². The zero-order valence-electron chi connectivity index (χ0n) is 13.4. The van der Waals surface area contributed by atoms with E-state index in [1.165, 1.54) is 0 Å². The fourth-order valence-corrected chi connectivity index (χ4v) is 3.65. The molecular formula is C16H30N2O2. The smallest absolute Gasteiger partial charge is 0.224 e. The number of hydrogen-bond acceptors (Lipinski definition) is 3. The molecule has 1 amide bonds. The second kappa shape index (κ2) is 5.64. The van der Waals surface area contributed by atoms with E-state index in [0.29, 0.717) is 5.92 Å². The van der Waals surface area contributed by atoms with Crippen molar-refractivity contribution in [3.63, 3.8) is 0 Å². The van der Waals surface area contributed by atoms with Crippen LogP contribution in [-0.2, 0) is 9.53 Å². The lowest BCUT2D eigenvalue weighted by Crippen LogP contribution is -2.56. The molecule has 20 heavy (non-hydrogen) atoms. The van der Waals surface area contributed by atoms with Gasteiger partial charge in [0.05, 0.1) is 0 Å². The molecular weight excluding hydrogens is 252 g/mol. The van der Waals surface area contributed by atoms with Crippen molar-refractivity contribution in [3.8, 4) is 0 Å². The minimum absolute atomic E-state index is 0.0384. The Morgan fingerprint density at radius 1 is 1.20 bits per heavy atom. The zero-order valence-corrected chi connectivity index (χ0v) is 13.4. The molecule has 4 nitrogen and oxygen atoms in total. The quantitative estimate of drug-likeness (QED) is 0.815. The molecule has 0 aromatic rings. The van der Waals surface area contributed by atoms with Crippen molar-refractivity contribution < 1.29 is 9.53 Å². The molecule has 3 N–H and O–H groups in total. The van der Waals surface area contributed by atoms with Crippen LogP contribution in [0.2, 0.25) is 0 Å². The van der Waals surface area contributed by atoms with Crippen LogP contribution in [0.4, 0.5) is 0 Å². The van der Waals surface area contributed by atoms with E-state index >= 15 is 0 Å². The molecule has 4 heteroatoms. The van der Waals surface area contributed by atoms with Gasteiger partial charge in [-0.05, 0) is 43.9 Å². The van der Waals surface area contributed by atoms with Crippen LogP contribution in [0, 0.1) is 17.3 Å². The summed E-state index contributed by atoms with van der Waals surface area (Å²) in [5.74, 6) is 0.643. The van der Waals surface area contributed by atoms with E-state index in [2.05, 4.69) is 33.0 Å². The summed E-state index contributed by atoms with van der Waals surface area (Å²) in [5, 5.41) is 3.30. The third kappa shape index (κ3) is 3.01. The topological polar surface area (TPSA) is 64.4 Å². The van der Waals surface area contributed by atoms with Crippen LogP contribution in [0.15, 0.2) is 0 Å². The number of rotatable bonds is 2. The fourth-order valence-electron chi connectivity index (χ4n) is 3.65. The maximum atomic E-state index is 12.7. The van der Waals surface area contributed by atoms with E-state index < -0.39 is 0 Å². The minimum atomic E-state index is -0.103. The average molecular weight is 282 g/mol. The maximum Gasteiger partial charge on any atom is 0.224 e. The molecule has 1 saturated heterocycles. The van der Waals surface area contributed by atoms with E-state index in [1.54, 1.807) is 0 Å². The van der Waals surface area contributed by atoms with E-state index in [0.717, 1.165) is 38.9 Å². The molecule has 3 unspecified atom stereocenters. The van der Waals surface area contributed by atoms with Crippen molar-refractivity contribution in [1.82, 2.24) is 5.32 Å². The van der Waals surface area contributed by atoms with Crippen LogP contribution in [0.3, 0.4) is 0 Å². The highest BCUT2D eigenvalue weighted by Crippen LogP contribution is 2.44. The lowest BCUT2D eigenvalue weighted by atomic mass is 9.60. The van der Waals surface area contributed by atoms with Crippen LogP contribution in [0.1, 0.15) is 53.4 Å². The number of carbonyl (C=O) groups is 1. The Bertz CT molecular complexity index is 361. The molecule has 2 aliphatic rings. The monoisotopic (exact) mass is 282 g/mol. The lowest BCUT2D eigenvalue weighted by molar-refractivity contribution is -0.135. The van der Waals surface area contributed by atoms with Gasteiger partial charge in [0.25, 0.3) is 0 Å². The van der Waals surface area contributed by atoms with Gasteiger partial charge in [-0.2, -0.15) is 0 Å². The molecule has 3 atom stereocenters. The predicted octanol–water partition coefficient (Wildman–Crippen LogP) is 2.07. The first kappa shape index (κ1) is 15.8.